The number of anilines is 3. The number of nitrogens with one attached hydrogen (secondary N) is 2. The smallest absolute Gasteiger partial charge is 0.283 e. The summed E-state index contributed by atoms with van der Waals surface area (Å²) in [5, 5.41) is 5.34. The van der Waals surface area contributed by atoms with Gasteiger partial charge in [-0.25, -0.2) is 9.29 Å². The first-order valence-electron chi connectivity index (χ1n) is 10.2. The summed E-state index contributed by atoms with van der Waals surface area (Å²) in [6, 6.07) is 18.8. The molecule has 0 unspecified atom stereocenters. The molecule has 0 saturated heterocycles. The van der Waals surface area contributed by atoms with Gasteiger partial charge in [0, 0.05) is 16.9 Å². The lowest BCUT2D eigenvalue weighted by atomic mass is 10.1. The quantitative estimate of drug-likeness (QED) is 0.500. The molecule has 2 N–H and O–H groups in total. The van der Waals surface area contributed by atoms with Gasteiger partial charge in [-0.1, -0.05) is 30.7 Å². The highest BCUT2D eigenvalue weighted by molar-refractivity contribution is 6.53. The Labute approximate surface area is 194 Å². The molecule has 0 spiro atoms. The van der Waals surface area contributed by atoms with Crippen LogP contribution in [-0.2, 0) is 16.0 Å². The molecule has 0 bridgehead atoms. The molecule has 0 atom stereocenters. The number of aryl methyl sites for hydroxylation is 1. The predicted octanol–water partition coefficient (Wildman–Crippen LogP) is 5.08. The SMILES string of the molecule is CCc1ccc(N2C(=O)C(Cl)=C(Nc3ccc(C(=O)Nc4ccc(F)cc4)cc3)C2=O)cc1. The summed E-state index contributed by atoms with van der Waals surface area (Å²) in [6.07, 6.45) is 0.839. The fourth-order valence-electron chi connectivity index (χ4n) is 3.31. The Balaban J connectivity index is 1.46. The van der Waals surface area contributed by atoms with Crippen molar-refractivity contribution in [2.45, 2.75) is 13.3 Å². The van der Waals surface area contributed by atoms with Crippen molar-refractivity contribution >= 4 is 46.4 Å². The van der Waals surface area contributed by atoms with E-state index >= 15 is 0 Å². The lowest BCUT2D eigenvalue weighted by molar-refractivity contribution is -0.120. The lowest BCUT2D eigenvalue weighted by Crippen LogP contribution is -2.32. The van der Waals surface area contributed by atoms with E-state index in [9.17, 15) is 18.8 Å². The molecule has 0 radical (unpaired) electrons. The maximum Gasteiger partial charge on any atom is 0.283 e. The Hall–Kier alpha value is -3.97. The van der Waals surface area contributed by atoms with Crippen LogP contribution in [0.1, 0.15) is 22.8 Å². The van der Waals surface area contributed by atoms with E-state index in [-0.39, 0.29) is 16.6 Å². The summed E-state index contributed by atoms with van der Waals surface area (Å²) in [7, 11) is 0. The van der Waals surface area contributed by atoms with Crippen molar-refractivity contribution < 1.29 is 18.8 Å². The molecule has 8 heteroatoms. The van der Waals surface area contributed by atoms with Gasteiger partial charge in [0.15, 0.2) is 0 Å². The number of imide groups is 1. The van der Waals surface area contributed by atoms with Gasteiger partial charge in [-0.05, 0) is 72.6 Å². The standard InChI is InChI=1S/C25H19ClFN3O3/c1-2-15-3-13-20(14-4-15)30-24(32)21(26)22(25(30)33)28-18-9-5-16(6-10-18)23(31)29-19-11-7-17(27)8-12-19/h3-14,28H,2H2,1H3,(H,29,31). The Kier molecular flexibility index (Phi) is 6.24. The molecule has 0 fully saturated rings. The number of hydrogen-bond acceptors (Lipinski definition) is 4. The molecule has 6 nitrogen and oxygen atoms in total. The molecule has 1 aliphatic heterocycles. The van der Waals surface area contributed by atoms with E-state index in [1.165, 1.54) is 24.3 Å². The van der Waals surface area contributed by atoms with Crippen LogP contribution in [0.3, 0.4) is 0 Å². The zero-order valence-electron chi connectivity index (χ0n) is 17.6. The summed E-state index contributed by atoms with van der Waals surface area (Å²) in [4.78, 5) is 38.9. The Morgan fingerprint density at radius 3 is 2.09 bits per heavy atom. The zero-order chi connectivity index (χ0) is 23.5. The third kappa shape index (κ3) is 4.63. The molecule has 3 amide bonds. The lowest BCUT2D eigenvalue weighted by Gasteiger charge is -2.15. The first kappa shape index (κ1) is 22.2. The molecular weight excluding hydrogens is 445 g/mol. The number of nitrogens with zero attached hydrogens (tertiary/aromatic N) is 1. The van der Waals surface area contributed by atoms with Crippen LogP contribution in [0.2, 0.25) is 0 Å². The van der Waals surface area contributed by atoms with Crippen LogP contribution >= 0.6 is 11.6 Å². The topological polar surface area (TPSA) is 78.5 Å². The highest BCUT2D eigenvalue weighted by Gasteiger charge is 2.38. The number of halogens is 2. The van der Waals surface area contributed by atoms with E-state index in [0.717, 1.165) is 16.9 Å². The third-order valence-electron chi connectivity index (χ3n) is 5.15. The minimum Gasteiger partial charge on any atom is -0.350 e. The van der Waals surface area contributed by atoms with Crippen LogP contribution in [0, 0.1) is 5.82 Å². The van der Waals surface area contributed by atoms with E-state index in [4.69, 9.17) is 11.6 Å². The third-order valence-corrected chi connectivity index (χ3v) is 5.50. The van der Waals surface area contributed by atoms with Gasteiger partial charge in [-0.15, -0.1) is 0 Å². The van der Waals surface area contributed by atoms with E-state index in [0.29, 0.717) is 22.6 Å². The average molecular weight is 464 g/mol. The van der Waals surface area contributed by atoms with Crippen LogP contribution in [0.5, 0.6) is 0 Å². The van der Waals surface area contributed by atoms with Gasteiger partial charge >= 0.3 is 0 Å². The first-order valence-corrected chi connectivity index (χ1v) is 10.6. The fourth-order valence-corrected chi connectivity index (χ4v) is 3.52. The van der Waals surface area contributed by atoms with Gasteiger partial charge < -0.3 is 10.6 Å². The van der Waals surface area contributed by atoms with Crippen LogP contribution in [0.25, 0.3) is 0 Å². The summed E-state index contributed by atoms with van der Waals surface area (Å²) >= 11 is 6.17. The fraction of sp³-hybridized carbons (Fsp3) is 0.0800. The highest BCUT2D eigenvalue weighted by Crippen LogP contribution is 2.30. The molecule has 3 aromatic rings. The normalized spacial score (nSPS) is 13.5. The minimum absolute atomic E-state index is 0.0373. The Morgan fingerprint density at radius 2 is 1.48 bits per heavy atom. The summed E-state index contributed by atoms with van der Waals surface area (Å²) < 4.78 is 13.0. The van der Waals surface area contributed by atoms with Crippen LogP contribution in [0.4, 0.5) is 21.5 Å². The summed E-state index contributed by atoms with van der Waals surface area (Å²) in [5.74, 6) is -1.94. The van der Waals surface area contributed by atoms with Gasteiger partial charge in [0.25, 0.3) is 17.7 Å². The monoisotopic (exact) mass is 463 g/mol. The van der Waals surface area contributed by atoms with Gasteiger partial charge in [0.1, 0.15) is 16.5 Å². The van der Waals surface area contributed by atoms with Crippen molar-refractivity contribution in [3.05, 3.63) is 100 Å². The van der Waals surface area contributed by atoms with Gasteiger partial charge in [0.05, 0.1) is 5.69 Å². The van der Waals surface area contributed by atoms with Crippen molar-refractivity contribution in [2.24, 2.45) is 0 Å². The second-order valence-electron chi connectivity index (χ2n) is 7.32. The molecule has 1 aliphatic rings. The average Bonchev–Trinajstić information content (AvgIpc) is 3.04. The molecule has 4 rings (SSSR count). The second-order valence-corrected chi connectivity index (χ2v) is 7.70. The number of rotatable bonds is 6. The molecule has 1 heterocycles. The molecule has 33 heavy (non-hydrogen) atoms. The minimum atomic E-state index is -0.608. The molecular formula is C25H19ClFN3O3. The van der Waals surface area contributed by atoms with E-state index in [2.05, 4.69) is 10.6 Å². The van der Waals surface area contributed by atoms with Crippen molar-refractivity contribution in [1.82, 2.24) is 0 Å². The molecule has 166 valence electrons. The van der Waals surface area contributed by atoms with Crippen molar-refractivity contribution in [3.8, 4) is 0 Å². The summed E-state index contributed by atoms with van der Waals surface area (Å²) in [6.45, 7) is 2.01. The Morgan fingerprint density at radius 1 is 0.879 bits per heavy atom. The van der Waals surface area contributed by atoms with E-state index in [1.807, 2.05) is 19.1 Å². The number of amides is 3. The van der Waals surface area contributed by atoms with E-state index in [1.54, 1.807) is 36.4 Å². The number of benzene rings is 3. The molecule has 3 aromatic carbocycles. The summed E-state index contributed by atoms with van der Waals surface area (Å²) in [5.41, 5.74) is 2.78. The van der Waals surface area contributed by atoms with Gasteiger partial charge in [-0.2, -0.15) is 0 Å². The maximum absolute atomic E-state index is 13.0. The van der Waals surface area contributed by atoms with Crippen molar-refractivity contribution in [3.63, 3.8) is 0 Å². The zero-order valence-corrected chi connectivity index (χ0v) is 18.3. The number of carbonyl (C=O) groups excluding carboxylic acids is 3. The number of hydrogen-bond donors (Lipinski definition) is 2. The van der Waals surface area contributed by atoms with Crippen molar-refractivity contribution in [1.29, 1.82) is 0 Å². The van der Waals surface area contributed by atoms with Crippen molar-refractivity contribution in [2.75, 3.05) is 15.5 Å². The van der Waals surface area contributed by atoms with Gasteiger partial charge in [-0.3, -0.25) is 14.4 Å². The van der Waals surface area contributed by atoms with Crippen LogP contribution in [-0.4, -0.2) is 17.7 Å². The largest absolute Gasteiger partial charge is 0.350 e. The first-order chi connectivity index (χ1) is 15.9. The highest BCUT2D eigenvalue weighted by atomic mass is 35.5. The van der Waals surface area contributed by atoms with Crippen LogP contribution < -0.4 is 15.5 Å². The second kappa shape index (κ2) is 9.26. The molecule has 0 aromatic heterocycles. The molecule has 0 saturated carbocycles. The Bertz CT molecular complexity index is 1250. The predicted molar refractivity (Wildman–Crippen MR) is 126 cm³/mol. The van der Waals surface area contributed by atoms with Gasteiger partial charge in [0.2, 0.25) is 0 Å². The van der Waals surface area contributed by atoms with E-state index < -0.39 is 17.6 Å². The maximum atomic E-state index is 13.0. The molecule has 0 aliphatic carbocycles. The number of carbonyl (C=O) groups is 3. The van der Waals surface area contributed by atoms with Crippen LogP contribution in [0.15, 0.2) is 83.5 Å².